The fourth-order valence-corrected chi connectivity index (χ4v) is 3.14. The minimum Gasteiger partial charge on any atom is -0.379 e. The molecule has 0 bridgehead atoms. The SMILES string of the molecule is CN=C(NCCCOC(C)C)NC1CCN(Cc2ccc(C(F)(F)F)cc2)C1.I. The Balaban J connectivity index is 0.00000420. The average Bonchev–Trinajstić information content (AvgIpc) is 3.06. The molecule has 1 aromatic carbocycles. The molecule has 1 unspecified atom stereocenters. The summed E-state index contributed by atoms with van der Waals surface area (Å²) in [6, 6.07) is 5.69. The van der Waals surface area contributed by atoms with Gasteiger partial charge in [-0.2, -0.15) is 13.2 Å². The normalized spacial score (nSPS) is 18.0. The molecule has 0 amide bonds. The number of nitrogens with one attached hydrogen (secondary N) is 2. The fourth-order valence-electron chi connectivity index (χ4n) is 3.14. The van der Waals surface area contributed by atoms with Gasteiger partial charge in [0.05, 0.1) is 11.7 Å². The summed E-state index contributed by atoms with van der Waals surface area (Å²) in [5, 5.41) is 6.71. The standard InChI is InChI=1S/C20H31F3N4O.HI/c1-15(2)28-12-4-10-25-19(24-3)26-18-9-11-27(14-18)13-16-5-7-17(8-6-16)20(21,22)23;/h5-8,15,18H,4,9-14H2,1-3H3,(H2,24,25,26);1H. The first-order valence-electron chi connectivity index (χ1n) is 9.75. The second-order valence-electron chi connectivity index (χ2n) is 7.33. The number of halogens is 4. The Kier molecular flexibility index (Phi) is 11.3. The van der Waals surface area contributed by atoms with Crippen LogP contribution in [0.15, 0.2) is 29.3 Å². The lowest BCUT2D eigenvalue weighted by atomic mass is 10.1. The first-order valence-corrected chi connectivity index (χ1v) is 9.75. The van der Waals surface area contributed by atoms with E-state index in [-0.39, 0.29) is 36.1 Å². The topological polar surface area (TPSA) is 48.9 Å². The number of benzene rings is 1. The molecule has 9 heteroatoms. The molecule has 166 valence electrons. The number of ether oxygens (including phenoxy) is 1. The van der Waals surface area contributed by atoms with E-state index in [0.29, 0.717) is 13.2 Å². The number of guanidine groups is 1. The Bertz CT molecular complexity index is 623. The molecular weight excluding hydrogens is 496 g/mol. The summed E-state index contributed by atoms with van der Waals surface area (Å²) in [7, 11) is 1.74. The van der Waals surface area contributed by atoms with Crippen molar-refractivity contribution in [2.24, 2.45) is 4.99 Å². The lowest BCUT2D eigenvalue weighted by Crippen LogP contribution is -2.44. The highest BCUT2D eigenvalue weighted by Crippen LogP contribution is 2.29. The molecule has 1 aliphatic rings. The molecule has 0 spiro atoms. The Morgan fingerprint density at radius 3 is 2.55 bits per heavy atom. The maximum absolute atomic E-state index is 12.7. The maximum atomic E-state index is 12.7. The van der Waals surface area contributed by atoms with Crippen molar-refractivity contribution >= 4 is 29.9 Å². The van der Waals surface area contributed by atoms with E-state index in [1.165, 1.54) is 0 Å². The maximum Gasteiger partial charge on any atom is 0.416 e. The Morgan fingerprint density at radius 1 is 1.28 bits per heavy atom. The second-order valence-corrected chi connectivity index (χ2v) is 7.33. The number of hydrogen-bond acceptors (Lipinski definition) is 3. The Morgan fingerprint density at radius 2 is 1.97 bits per heavy atom. The Labute approximate surface area is 188 Å². The van der Waals surface area contributed by atoms with E-state index in [4.69, 9.17) is 4.74 Å². The number of likely N-dealkylation sites (tertiary alicyclic amines) is 1. The van der Waals surface area contributed by atoms with Gasteiger partial charge in [0, 0.05) is 45.9 Å². The quantitative estimate of drug-likeness (QED) is 0.233. The van der Waals surface area contributed by atoms with Crippen LogP contribution in [0.25, 0.3) is 0 Å². The van der Waals surface area contributed by atoms with Crippen molar-refractivity contribution in [3.63, 3.8) is 0 Å². The molecule has 1 aliphatic heterocycles. The van der Waals surface area contributed by atoms with Gasteiger partial charge in [-0.15, -0.1) is 24.0 Å². The van der Waals surface area contributed by atoms with Gasteiger partial charge in [-0.05, 0) is 44.4 Å². The van der Waals surface area contributed by atoms with Crippen molar-refractivity contribution in [1.82, 2.24) is 15.5 Å². The minimum absolute atomic E-state index is 0. The van der Waals surface area contributed by atoms with Crippen LogP contribution < -0.4 is 10.6 Å². The minimum atomic E-state index is -4.29. The third kappa shape index (κ3) is 9.52. The molecule has 1 aromatic rings. The molecule has 1 heterocycles. The zero-order valence-corrected chi connectivity index (χ0v) is 19.6. The lowest BCUT2D eigenvalue weighted by Gasteiger charge is -2.19. The van der Waals surface area contributed by atoms with Gasteiger partial charge < -0.3 is 15.4 Å². The zero-order chi connectivity index (χ0) is 20.6. The van der Waals surface area contributed by atoms with Crippen LogP contribution in [-0.4, -0.2) is 56.3 Å². The molecule has 1 saturated heterocycles. The first kappa shape index (κ1) is 26.0. The molecule has 29 heavy (non-hydrogen) atoms. The van der Waals surface area contributed by atoms with Crippen LogP contribution in [0.1, 0.15) is 37.8 Å². The van der Waals surface area contributed by atoms with Gasteiger partial charge in [0.2, 0.25) is 0 Å². The molecule has 0 saturated carbocycles. The molecule has 0 radical (unpaired) electrons. The summed E-state index contributed by atoms with van der Waals surface area (Å²) in [6.45, 7) is 7.92. The predicted octanol–water partition coefficient (Wildman–Crippen LogP) is 3.88. The largest absolute Gasteiger partial charge is 0.416 e. The van der Waals surface area contributed by atoms with Gasteiger partial charge in [-0.1, -0.05) is 12.1 Å². The molecule has 0 aliphatic carbocycles. The number of nitrogens with zero attached hydrogens (tertiary/aromatic N) is 2. The molecule has 2 N–H and O–H groups in total. The number of aliphatic imine (C=N–C) groups is 1. The van der Waals surface area contributed by atoms with Crippen molar-refractivity contribution in [3.05, 3.63) is 35.4 Å². The summed E-state index contributed by atoms with van der Waals surface area (Å²) in [6.07, 6.45) is -2.17. The molecule has 1 atom stereocenters. The van der Waals surface area contributed by atoms with Crippen molar-refractivity contribution in [2.75, 3.05) is 33.3 Å². The van der Waals surface area contributed by atoms with E-state index in [9.17, 15) is 13.2 Å². The van der Waals surface area contributed by atoms with Crippen LogP contribution in [0, 0.1) is 0 Å². The summed E-state index contributed by atoms with van der Waals surface area (Å²) in [5.41, 5.74) is 0.284. The number of alkyl halides is 3. The highest BCUT2D eigenvalue weighted by atomic mass is 127. The van der Waals surface area contributed by atoms with Crippen molar-refractivity contribution in [2.45, 2.75) is 51.6 Å². The van der Waals surface area contributed by atoms with E-state index in [1.54, 1.807) is 19.2 Å². The average molecular weight is 528 g/mol. The number of hydrogen-bond donors (Lipinski definition) is 2. The van der Waals surface area contributed by atoms with E-state index in [1.807, 2.05) is 13.8 Å². The van der Waals surface area contributed by atoms with E-state index in [2.05, 4.69) is 20.5 Å². The van der Waals surface area contributed by atoms with Gasteiger partial charge in [-0.3, -0.25) is 9.89 Å². The summed E-state index contributed by atoms with van der Waals surface area (Å²) < 4.78 is 43.5. The van der Waals surface area contributed by atoms with E-state index in [0.717, 1.165) is 56.1 Å². The van der Waals surface area contributed by atoms with Gasteiger partial charge in [-0.25, -0.2) is 0 Å². The smallest absolute Gasteiger partial charge is 0.379 e. The van der Waals surface area contributed by atoms with Crippen LogP contribution in [0.3, 0.4) is 0 Å². The van der Waals surface area contributed by atoms with Crippen molar-refractivity contribution in [3.8, 4) is 0 Å². The van der Waals surface area contributed by atoms with Gasteiger partial charge >= 0.3 is 6.18 Å². The van der Waals surface area contributed by atoms with Crippen LogP contribution in [-0.2, 0) is 17.5 Å². The lowest BCUT2D eigenvalue weighted by molar-refractivity contribution is -0.137. The molecule has 2 rings (SSSR count). The van der Waals surface area contributed by atoms with Crippen LogP contribution >= 0.6 is 24.0 Å². The number of rotatable bonds is 8. The van der Waals surface area contributed by atoms with Crippen LogP contribution in [0.2, 0.25) is 0 Å². The van der Waals surface area contributed by atoms with Crippen molar-refractivity contribution < 1.29 is 17.9 Å². The molecule has 1 fully saturated rings. The highest BCUT2D eigenvalue weighted by Gasteiger charge is 2.30. The van der Waals surface area contributed by atoms with Gasteiger partial charge in [0.25, 0.3) is 0 Å². The molecule has 0 aromatic heterocycles. The molecular formula is C20H32F3IN4O. The predicted molar refractivity (Wildman–Crippen MR) is 121 cm³/mol. The van der Waals surface area contributed by atoms with Crippen molar-refractivity contribution in [1.29, 1.82) is 0 Å². The zero-order valence-electron chi connectivity index (χ0n) is 17.3. The van der Waals surface area contributed by atoms with Crippen LogP contribution in [0.5, 0.6) is 0 Å². The fraction of sp³-hybridized carbons (Fsp3) is 0.650. The summed E-state index contributed by atoms with van der Waals surface area (Å²) in [4.78, 5) is 6.49. The second kappa shape index (κ2) is 12.6. The van der Waals surface area contributed by atoms with Crippen LogP contribution in [0.4, 0.5) is 13.2 Å². The monoisotopic (exact) mass is 528 g/mol. The highest BCUT2D eigenvalue weighted by molar-refractivity contribution is 14.0. The first-order chi connectivity index (χ1) is 13.3. The third-order valence-corrected chi connectivity index (χ3v) is 4.59. The van der Waals surface area contributed by atoms with Gasteiger partial charge in [0.1, 0.15) is 0 Å². The van der Waals surface area contributed by atoms with Gasteiger partial charge in [0.15, 0.2) is 5.96 Å². The summed E-state index contributed by atoms with van der Waals surface area (Å²) in [5.74, 6) is 0.769. The molecule has 5 nitrogen and oxygen atoms in total. The van der Waals surface area contributed by atoms with E-state index >= 15 is 0 Å². The summed E-state index contributed by atoms with van der Waals surface area (Å²) >= 11 is 0. The van der Waals surface area contributed by atoms with E-state index < -0.39 is 11.7 Å². The Hall–Kier alpha value is -1.07. The third-order valence-electron chi connectivity index (χ3n) is 4.59.